The van der Waals surface area contributed by atoms with Crippen LogP contribution in [0.2, 0.25) is 0 Å². The van der Waals surface area contributed by atoms with Gasteiger partial charge in [-0.15, -0.1) is 0 Å². The highest BCUT2D eigenvalue weighted by Gasteiger charge is 2.37. The van der Waals surface area contributed by atoms with E-state index in [1.807, 2.05) is 54.6 Å². The topological polar surface area (TPSA) is 84.9 Å². The molecule has 0 aromatic heterocycles. The van der Waals surface area contributed by atoms with Crippen molar-refractivity contribution in [1.82, 2.24) is 5.32 Å². The van der Waals surface area contributed by atoms with E-state index in [0.717, 1.165) is 27.8 Å². The Balaban J connectivity index is 1.27. The van der Waals surface area contributed by atoms with E-state index in [2.05, 4.69) is 17.4 Å². The summed E-state index contributed by atoms with van der Waals surface area (Å²) < 4.78 is 11.2. The molecule has 2 atom stereocenters. The fraction of sp³-hybridized carbons (Fsp3) is 0.200. The number of ether oxygens (including phenoxy) is 2. The van der Waals surface area contributed by atoms with Crippen LogP contribution >= 0.6 is 0 Å². The molecule has 1 aliphatic heterocycles. The molecule has 6 heteroatoms. The lowest BCUT2D eigenvalue weighted by Gasteiger charge is -2.21. The standard InChI is InChI=1S/C25H21NO5/c27-24(28)23(22-13-15-7-1-6-12-21(15)31-22)26-25(29)30-14-20-18-10-4-2-8-16(18)17-9-3-5-11-19(17)20/h1-12,20,22-23H,13-14H2,(H,26,29)(H,27,28)/t22-,23-/m0/s1. The summed E-state index contributed by atoms with van der Waals surface area (Å²) in [6, 6.07) is 22.3. The molecule has 31 heavy (non-hydrogen) atoms. The van der Waals surface area contributed by atoms with E-state index in [0.29, 0.717) is 12.2 Å². The largest absolute Gasteiger partial charge is 0.487 e. The van der Waals surface area contributed by atoms with Crippen LogP contribution in [0, 0.1) is 0 Å². The molecule has 1 aliphatic carbocycles. The highest BCUT2D eigenvalue weighted by molar-refractivity contribution is 5.81. The van der Waals surface area contributed by atoms with Crippen LogP contribution < -0.4 is 10.1 Å². The number of alkyl carbamates (subject to hydrolysis) is 1. The van der Waals surface area contributed by atoms with E-state index < -0.39 is 24.2 Å². The average Bonchev–Trinajstić information content (AvgIpc) is 3.35. The van der Waals surface area contributed by atoms with Gasteiger partial charge in [0, 0.05) is 12.3 Å². The molecule has 5 rings (SSSR count). The molecule has 0 unspecified atom stereocenters. The number of para-hydroxylation sites is 1. The number of rotatable bonds is 5. The summed E-state index contributed by atoms with van der Waals surface area (Å²) in [5.74, 6) is -0.604. The van der Waals surface area contributed by atoms with E-state index in [-0.39, 0.29) is 12.5 Å². The SMILES string of the molecule is O=C(N[C@H](C(=O)O)[C@@H]1Cc2ccccc2O1)OCC1c2ccccc2-c2ccccc21. The smallest absolute Gasteiger partial charge is 0.407 e. The summed E-state index contributed by atoms with van der Waals surface area (Å²) in [5.41, 5.74) is 5.38. The van der Waals surface area contributed by atoms with Crippen molar-refractivity contribution in [3.8, 4) is 16.9 Å². The molecule has 1 amide bonds. The Morgan fingerprint density at radius 1 is 0.968 bits per heavy atom. The number of nitrogens with one attached hydrogen (secondary N) is 1. The first-order valence-corrected chi connectivity index (χ1v) is 10.2. The van der Waals surface area contributed by atoms with Crippen LogP contribution in [-0.4, -0.2) is 35.9 Å². The van der Waals surface area contributed by atoms with Crippen LogP contribution in [0.15, 0.2) is 72.8 Å². The van der Waals surface area contributed by atoms with Crippen LogP contribution in [0.5, 0.6) is 5.75 Å². The van der Waals surface area contributed by atoms with Crippen LogP contribution in [0.3, 0.4) is 0 Å². The van der Waals surface area contributed by atoms with Crippen molar-refractivity contribution >= 4 is 12.1 Å². The highest BCUT2D eigenvalue weighted by Crippen LogP contribution is 2.44. The average molecular weight is 415 g/mol. The van der Waals surface area contributed by atoms with Crippen molar-refractivity contribution < 1.29 is 24.2 Å². The Bertz CT molecular complexity index is 1090. The number of benzene rings is 3. The molecule has 0 spiro atoms. The second kappa shape index (κ2) is 7.80. The third kappa shape index (κ3) is 3.50. The van der Waals surface area contributed by atoms with Crippen molar-refractivity contribution in [2.75, 3.05) is 6.61 Å². The quantitative estimate of drug-likeness (QED) is 0.658. The highest BCUT2D eigenvalue weighted by atomic mass is 16.6. The first kappa shape index (κ1) is 19.2. The molecule has 2 N–H and O–H groups in total. The zero-order chi connectivity index (χ0) is 21.4. The summed E-state index contributed by atoms with van der Waals surface area (Å²) in [6.07, 6.45) is -1.04. The number of fused-ring (bicyclic) bond motifs is 4. The van der Waals surface area contributed by atoms with Gasteiger partial charge in [-0.3, -0.25) is 0 Å². The van der Waals surface area contributed by atoms with Crippen LogP contribution in [0.4, 0.5) is 4.79 Å². The number of aliphatic carboxylic acids is 1. The molecule has 6 nitrogen and oxygen atoms in total. The lowest BCUT2D eigenvalue weighted by molar-refractivity contribution is -0.141. The van der Waals surface area contributed by atoms with Crippen molar-refractivity contribution in [2.45, 2.75) is 24.5 Å². The normalized spacial score (nSPS) is 17.1. The molecule has 3 aromatic carbocycles. The fourth-order valence-corrected chi connectivity index (χ4v) is 4.48. The molecular formula is C25H21NO5. The maximum atomic E-state index is 12.5. The minimum atomic E-state index is -1.21. The van der Waals surface area contributed by atoms with Gasteiger partial charge in [0.1, 0.15) is 18.5 Å². The molecule has 0 radical (unpaired) electrons. The molecule has 3 aromatic rings. The van der Waals surface area contributed by atoms with E-state index in [4.69, 9.17) is 9.47 Å². The summed E-state index contributed by atoms with van der Waals surface area (Å²) >= 11 is 0. The van der Waals surface area contributed by atoms with Gasteiger partial charge in [-0.05, 0) is 33.9 Å². The lowest BCUT2D eigenvalue weighted by atomic mass is 9.98. The Kier molecular flexibility index (Phi) is 4.82. The van der Waals surface area contributed by atoms with Gasteiger partial charge in [0.15, 0.2) is 6.04 Å². The molecule has 1 heterocycles. The number of hydrogen-bond acceptors (Lipinski definition) is 4. The van der Waals surface area contributed by atoms with Gasteiger partial charge in [-0.1, -0.05) is 66.7 Å². The molecule has 156 valence electrons. The summed E-state index contributed by atoms with van der Waals surface area (Å²) in [7, 11) is 0. The first-order chi connectivity index (χ1) is 15.1. The van der Waals surface area contributed by atoms with Crippen molar-refractivity contribution in [3.63, 3.8) is 0 Å². The molecule has 0 saturated heterocycles. The van der Waals surface area contributed by atoms with E-state index >= 15 is 0 Å². The van der Waals surface area contributed by atoms with Crippen molar-refractivity contribution in [3.05, 3.63) is 89.5 Å². The summed E-state index contributed by atoms with van der Waals surface area (Å²) in [6.45, 7) is 0.123. The monoisotopic (exact) mass is 415 g/mol. The predicted molar refractivity (Wildman–Crippen MR) is 114 cm³/mol. The maximum Gasteiger partial charge on any atom is 0.407 e. The van der Waals surface area contributed by atoms with Gasteiger partial charge in [0.25, 0.3) is 0 Å². The zero-order valence-electron chi connectivity index (χ0n) is 16.7. The maximum absolute atomic E-state index is 12.5. The fourth-order valence-electron chi connectivity index (χ4n) is 4.48. The second-order valence-electron chi connectivity index (χ2n) is 7.75. The van der Waals surface area contributed by atoms with Crippen LogP contribution in [-0.2, 0) is 16.0 Å². The van der Waals surface area contributed by atoms with Gasteiger partial charge >= 0.3 is 12.1 Å². The Hall–Kier alpha value is -3.80. The van der Waals surface area contributed by atoms with E-state index in [1.54, 1.807) is 6.07 Å². The number of hydrogen-bond donors (Lipinski definition) is 2. The van der Waals surface area contributed by atoms with Gasteiger partial charge in [0.05, 0.1) is 0 Å². The number of carbonyl (C=O) groups excluding carboxylic acids is 1. The summed E-state index contributed by atoms with van der Waals surface area (Å²) in [4.78, 5) is 24.3. The minimum absolute atomic E-state index is 0.0894. The molecule has 0 bridgehead atoms. The Morgan fingerprint density at radius 2 is 1.58 bits per heavy atom. The third-order valence-corrected chi connectivity index (χ3v) is 5.93. The van der Waals surface area contributed by atoms with E-state index in [9.17, 15) is 14.7 Å². The lowest BCUT2D eigenvalue weighted by Crippen LogP contribution is -2.50. The van der Waals surface area contributed by atoms with E-state index in [1.165, 1.54) is 0 Å². The molecule has 0 fully saturated rings. The minimum Gasteiger partial charge on any atom is -0.487 e. The van der Waals surface area contributed by atoms with Crippen molar-refractivity contribution in [2.24, 2.45) is 0 Å². The molecule has 0 saturated carbocycles. The van der Waals surface area contributed by atoms with Gasteiger partial charge in [0.2, 0.25) is 0 Å². The Labute approximate surface area is 179 Å². The number of carboxylic acids is 1. The number of amides is 1. The van der Waals surface area contributed by atoms with Crippen LogP contribution in [0.25, 0.3) is 11.1 Å². The predicted octanol–water partition coefficient (Wildman–Crippen LogP) is 3.98. The first-order valence-electron chi connectivity index (χ1n) is 10.2. The summed E-state index contributed by atoms with van der Waals surface area (Å²) in [5, 5.41) is 12.1. The van der Waals surface area contributed by atoms with Crippen LogP contribution in [0.1, 0.15) is 22.6 Å². The zero-order valence-corrected chi connectivity index (χ0v) is 16.7. The van der Waals surface area contributed by atoms with Crippen molar-refractivity contribution in [1.29, 1.82) is 0 Å². The number of carbonyl (C=O) groups is 2. The Morgan fingerprint density at radius 3 is 2.23 bits per heavy atom. The van der Waals surface area contributed by atoms with Gasteiger partial charge in [-0.2, -0.15) is 0 Å². The molecular weight excluding hydrogens is 394 g/mol. The van der Waals surface area contributed by atoms with Gasteiger partial charge < -0.3 is 19.9 Å². The third-order valence-electron chi connectivity index (χ3n) is 5.93. The second-order valence-corrected chi connectivity index (χ2v) is 7.75. The van der Waals surface area contributed by atoms with Gasteiger partial charge in [-0.25, -0.2) is 9.59 Å². The molecule has 2 aliphatic rings. The number of carboxylic acid groups (broad SMARTS) is 1.